The highest BCUT2D eigenvalue weighted by atomic mass is 32.1. The third kappa shape index (κ3) is 4.25. The lowest BCUT2D eigenvalue weighted by Gasteiger charge is -2.01. The van der Waals surface area contributed by atoms with E-state index in [-0.39, 0.29) is 0 Å². The number of oxazole rings is 1. The van der Waals surface area contributed by atoms with E-state index in [9.17, 15) is 0 Å². The van der Waals surface area contributed by atoms with Crippen molar-refractivity contribution in [2.45, 2.75) is 6.42 Å². The van der Waals surface area contributed by atoms with Gasteiger partial charge < -0.3 is 9.15 Å². The number of nitrogens with zero attached hydrogens (tertiary/aromatic N) is 3. The molecule has 0 saturated heterocycles. The predicted molar refractivity (Wildman–Crippen MR) is 122 cm³/mol. The number of ether oxygens (including phenoxy) is 1. The molecule has 2 aromatic heterocycles. The fourth-order valence-corrected chi connectivity index (χ4v) is 4.16. The van der Waals surface area contributed by atoms with Crippen LogP contribution < -0.4 is 4.74 Å². The third-order valence-electron chi connectivity index (χ3n) is 4.90. The van der Waals surface area contributed by atoms with Crippen LogP contribution in [0.1, 0.15) is 10.6 Å². The molecule has 3 aromatic carbocycles. The van der Waals surface area contributed by atoms with E-state index in [2.05, 4.69) is 27.3 Å². The van der Waals surface area contributed by atoms with Gasteiger partial charge in [0.15, 0.2) is 5.76 Å². The first kappa shape index (κ1) is 19.2. The number of aromatic nitrogens is 3. The first-order valence-electron chi connectivity index (χ1n) is 9.86. The number of hydrogen-bond donors (Lipinski definition) is 0. The lowest BCUT2D eigenvalue weighted by atomic mass is 10.1. The smallest absolute Gasteiger partial charge is 0.226 e. The highest BCUT2D eigenvalue weighted by Crippen LogP contribution is 2.31. The van der Waals surface area contributed by atoms with E-state index in [0.717, 1.165) is 38.9 Å². The molecule has 0 fully saturated rings. The maximum absolute atomic E-state index is 6.02. The lowest BCUT2D eigenvalue weighted by Crippen LogP contribution is -1.85. The first-order chi connectivity index (χ1) is 15.3. The average molecular weight is 426 g/mol. The fraction of sp³-hybridized carbons (Fsp3) is 0.0800. The Hall–Kier alpha value is -3.77. The van der Waals surface area contributed by atoms with E-state index in [4.69, 9.17) is 9.15 Å². The van der Waals surface area contributed by atoms with Gasteiger partial charge in [0.25, 0.3) is 0 Å². The molecule has 0 unspecified atom stereocenters. The van der Waals surface area contributed by atoms with Crippen LogP contribution in [0.5, 0.6) is 5.75 Å². The second-order valence-electron chi connectivity index (χ2n) is 7.00. The molecule has 31 heavy (non-hydrogen) atoms. The van der Waals surface area contributed by atoms with Gasteiger partial charge in [-0.2, -0.15) is 0 Å². The van der Waals surface area contributed by atoms with Crippen LogP contribution in [0, 0.1) is 0 Å². The largest absolute Gasteiger partial charge is 0.497 e. The van der Waals surface area contributed by atoms with Gasteiger partial charge in [-0.05, 0) is 42.0 Å². The summed E-state index contributed by atoms with van der Waals surface area (Å²) in [6.07, 6.45) is 2.52. The Labute approximate surface area is 184 Å². The molecule has 0 aliphatic carbocycles. The second kappa shape index (κ2) is 8.53. The molecule has 0 atom stereocenters. The maximum Gasteiger partial charge on any atom is 0.226 e. The summed E-state index contributed by atoms with van der Waals surface area (Å²) in [6.45, 7) is 0. The zero-order chi connectivity index (χ0) is 21.0. The minimum absolute atomic E-state index is 0.571. The molecule has 6 heteroatoms. The van der Waals surface area contributed by atoms with Gasteiger partial charge in [-0.15, -0.1) is 10.2 Å². The van der Waals surface area contributed by atoms with E-state index < -0.39 is 0 Å². The van der Waals surface area contributed by atoms with Crippen molar-refractivity contribution in [3.63, 3.8) is 0 Å². The Bertz CT molecular complexity index is 1290. The molecule has 0 aliphatic rings. The Kier molecular flexibility index (Phi) is 5.29. The van der Waals surface area contributed by atoms with Crippen LogP contribution in [-0.2, 0) is 6.42 Å². The van der Waals surface area contributed by atoms with Gasteiger partial charge >= 0.3 is 0 Å². The van der Waals surface area contributed by atoms with E-state index >= 15 is 0 Å². The van der Waals surface area contributed by atoms with Crippen LogP contribution in [-0.4, -0.2) is 22.3 Å². The molecule has 152 valence electrons. The van der Waals surface area contributed by atoms with Gasteiger partial charge in [-0.3, -0.25) is 0 Å². The average Bonchev–Trinajstić information content (AvgIpc) is 3.50. The fourth-order valence-electron chi connectivity index (χ4n) is 3.29. The van der Waals surface area contributed by atoms with Crippen molar-refractivity contribution in [1.29, 1.82) is 0 Å². The Balaban J connectivity index is 1.38. The van der Waals surface area contributed by atoms with Crippen molar-refractivity contribution in [2.24, 2.45) is 0 Å². The van der Waals surface area contributed by atoms with Crippen molar-refractivity contribution < 1.29 is 9.15 Å². The molecule has 0 spiro atoms. The molecule has 2 heterocycles. The lowest BCUT2D eigenvalue weighted by molar-refractivity contribution is 0.415. The van der Waals surface area contributed by atoms with Crippen molar-refractivity contribution in [3.05, 3.63) is 95.6 Å². The summed E-state index contributed by atoms with van der Waals surface area (Å²) in [5.74, 6) is 2.09. The molecule has 5 nitrogen and oxygen atoms in total. The normalized spacial score (nSPS) is 10.9. The quantitative estimate of drug-likeness (QED) is 0.328. The minimum atomic E-state index is 0.571. The summed E-state index contributed by atoms with van der Waals surface area (Å²) < 4.78 is 11.2. The zero-order valence-corrected chi connectivity index (χ0v) is 17.7. The predicted octanol–water partition coefficient (Wildman–Crippen LogP) is 6.13. The minimum Gasteiger partial charge on any atom is -0.497 e. The molecule has 0 saturated carbocycles. The summed E-state index contributed by atoms with van der Waals surface area (Å²) in [5, 5.41) is 10.6. The van der Waals surface area contributed by atoms with Gasteiger partial charge in [0.05, 0.1) is 13.3 Å². The summed E-state index contributed by atoms with van der Waals surface area (Å²) in [5.41, 5.74) is 4.07. The van der Waals surface area contributed by atoms with Crippen LogP contribution in [0.3, 0.4) is 0 Å². The monoisotopic (exact) mass is 425 g/mol. The van der Waals surface area contributed by atoms with Crippen molar-refractivity contribution in [3.8, 4) is 39.1 Å². The molecule has 0 N–H and O–H groups in total. The molecular weight excluding hydrogens is 406 g/mol. The highest BCUT2D eigenvalue weighted by molar-refractivity contribution is 7.14. The molecule has 0 radical (unpaired) electrons. The van der Waals surface area contributed by atoms with E-state index in [1.807, 2.05) is 66.7 Å². The van der Waals surface area contributed by atoms with Gasteiger partial charge in [-0.25, -0.2) is 4.98 Å². The third-order valence-corrected chi connectivity index (χ3v) is 5.87. The molecule has 0 amide bonds. The van der Waals surface area contributed by atoms with E-state index in [1.165, 1.54) is 5.56 Å². The van der Waals surface area contributed by atoms with E-state index in [1.54, 1.807) is 24.6 Å². The van der Waals surface area contributed by atoms with Gasteiger partial charge in [0.2, 0.25) is 5.89 Å². The number of hydrogen-bond acceptors (Lipinski definition) is 6. The first-order valence-corrected chi connectivity index (χ1v) is 10.7. The Morgan fingerprint density at radius 3 is 2.45 bits per heavy atom. The van der Waals surface area contributed by atoms with Crippen molar-refractivity contribution in [1.82, 2.24) is 15.2 Å². The Morgan fingerprint density at radius 1 is 0.839 bits per heavy atom. The second-order valence-corrected chi connectivity index (χ2v) is 8.06. The van der Waals surface area contributed by atoms with Gasteiger partial charge in [0, 0.05) is 23.1 Å². The number of benzene rings is 3. The summed E-state index contributed by atoms with van der Waals surface area (Å²) >= 11 is 1.61. The summed E-state index contributed by atoms with van der Waals surface area (Å²) in [7, 11) is 1.65. The zero-order valence-electron chi connectivity index (χ0n) is 16.9. The van der Waals surface area contributed by atoms with Crippen LogP contribution in [0.4, 0.5) is 0 Å². The van der Waals surface area contributed by atoms with Crippen molar-refractivity contribution in [2.75, 3.05) is 7.11 Å². The SMILES string of the molecule is COc1ccc(-c2cnc(-c3cccc(-c4nnc(Cc5ccccc5)s4)c3)o2)cc1. The highest BCUT2D eigenvalue weighted by Gasteiger charge is 2.12. The van der Waals surface area contributed by atoms with Gasteiger partial charge in [0.1, 0.15) is 15.8 Å². The number of rotatable bonds is 6. The number of methoxy groups -OCH3 is 1. The molecule has 0 bridgehead atoms. The van der Waals surface area contributed by atoms with Crippen LogP contribution >= 0.6 is 11.3 Å². The molecular formula is C25H19N3O2S. The van der Waals surface area contributed by atoms with Crippen LogP contribution in [0.25, 0.3) is 33.3 Å². The van der Waals surface area contributed by atoms with E-state index in [0.29, 0.717) is 11.7 Å². The van der Waals surface area contributed by atoms with Gasteiger partial charge in [-0.1, -0.05) is 53.8 Å². The molecule has 0 aliphatic heterocycles. The van der Waals surface area contributed by atoms with Crippen molar-refractivity contribution >= 4 is 11.3 Å². The summed E-state index contributed by atoms with van der Waals surface area (Å²) in [6, 6.07) is 26.1. The molecule has 5 rings (SSSR count). The standard InChI is InChI=1S/C25H19N3O2S/c1-29-21-12-10-18(11-13-21)22-16-26-24(30-22)19-8-5-9-20(15-19)25-28-27-23(31-25)14-17-6-3-2-4-7-17/h2-13,15-16H,14H2,1H3. The van der Waals surface area contributed by atoms with Crippen LogP contribution in [0.15, 0.2) is 89.5 Å². The maximum atomic E-state index is 6.02. The topological polar surface area (TPSA) is 61.0 Å². The molecule has 5 aromatic rings. The summed E-state index contributed by atoms with van der Waals surface area (Å²) in [4.78, 5) is 4.47. The van der Waals surface area contributed by atoms with Crippen LogP contribution in [0.2, 0.25) is 0 Å². The Morgan fingerprint density at radius 2 is 1.65 bits per heavy atom.